The lowest BCUT2D eigenvalue weighted by Gasteiger charge is -2.20. The molecule has 6 nitrogen and oxygen atoms in total. The van der Waals surface area contributed by atoms with E-state index >= 15 is 0 Å². The Balaban J connectivity index is 0.00000264. The average Bonchev–Trinajstić information content (AvgIpc) is 3.09. The van der Waals surface area contributed by atoms with Gasteiger partial charge in [-0.25, -0.2) is 0 Å². The van der Waals surface area contributed by atoms with Gasteiger partial charge in [-0.3, -0.25) is 9.89 Å². The predicted molar refractivity (Wildman–Crippen MR) is 104 cm³/mol. The van der Waals surface area contributed by atoms with Crippen LogP contribution < -0.4 is 11.1 Å². The van der Waals surface area contributed by atoms with Gasteiger partial charge in [-0.05, 0) is 52.6 Å². The second kappa shape index (κ2) is 10.1. The third-order valence-corrected chi connectivity index (χ3v) is 4.47. The number of guanidine groups is 1. The van der Waals surface area contributed by atoms with Gasteiger partial charge in [-0.1, -0.05) is 12.1 Å². The first-order valence-corrected chi connectivity index (χ1v) is 8.31. The van der Waals surface area contributed by atoms with Crippen molar-refractivity contribution in [3.8, 4) is 0 Å². The zero-order chi connectivity index (χ0) is 15.9. The minimum atomic E-state index is 0. The van der Waals surface area contributed by atoms with Crippen molar-refractivity contribution in [1.82, 2.24) is 15.4 Å². The third kappa shape index (κ3) is 5.95. The van der Waals surface area contributed by atoms with Gasteiger partial charge in [0.1, 0.15) is 5.76 Å². The molecule has 23 heavy (non-hydrogen) atoms. The smallest absolute Gasteiger partial charge is 0.188 e. The van der Waals surface area contributed by atoms with Gasteiger partial charge < -0.3 is 15.6 Å². The number of nitrogens with zero attached hydrogens (tertiary/aromatic N) is 3. The van der Waals surface area contributed by atoms with E-state index in [2.05, 4.69) is 27.3 Å². The maximum atomic E-state index is 5.95. The van der Waals surface area contributed by atoms with E-state index in [0.717, 1.165) is 43.9 Å². The highest BCUT2D eigenvalue weighted by molar-refractivity contribution is 14.0. The molecule has 0 aliphatic carbocycles. The van der Waals surface area contributed by atoms with Crippen molar-refractivity contribution in [3.05, 3.63) is 17.0 Å². The van der Waals surface area contributed by atoms with Crippen molar-refractivity contribution in [2.45, 2.75) is 52.5 Å². The summed E-state index contributed by atoms with van der Waals surface area (Å²) in [4.78, 5) is 6.97. The highest BCUT2D eigenvalue weighted by Crippen LogP contribution is 2.16. The first-order valence-electron chi connectivity index (χ1n) is 8.31. The summed E-state index contributed by atoms with van der Waals surface area (Å²) < 4.78 is 5.17. The van der Waals surface area contributed by atoms with Crippen LogP contribution in [0.2, 0.25) is 0 Å². The minimum absolute atomic E-state index is 0. The van der Waals surface area contributed by atoms with Crippen molar-refractivity contribution in [2.75, 3.05) is 26.2 Å². The summed E-state index contributed by atoms with van der Waals surface area (Å²) in [5.41, 5.74) is 8.14. The minimum Gasteiger partial charge on any atom is -0.370 e. The molecule has 1 aromatic rings. The number of aromatic nitrogens is 1. The number of nitrogens with one attached hydrogen (secondary N) is 1. The van der Waals surface area contributed by atoms with Gasteiger partial charge in [-0.2, -0.15) is 0 Å². The van der Waals surface area contributed by atoms with Crippen LogP contribution in [-0.4, -0.2) is 48.2 Å². The molecule has 1 fully saturated rings. The topological polar surface area (TPSA) is 79.7 Å². The summed E-state index contributed by atoms with van der Waals surface area (Å²) >= 11 is 0. The fourth-order valence-electron chi connectivity index (χ4n) is 3.12. The number of hydrogen-bond donors (Lipinski definition) is 2. The Bertz CT molecular complexity index is 483. The van der Waals surface area contributed by atoms with Gasteiger partial charge >= 0.3 is 0 Å². The Morgan fingerprint density at radius 1 is 1.48 bits per heavy atom. The molecule has 2 rings (SSSR count). The highest BCUT2D eigenvalue weighted by Gasteiger charge is 2.22. The molecule has 1 atom stereocenters. The summed E-state index contributed by atoms with van der Waals surface area (Å²) in [6, 6.07) is 0.563. The standard InChI is InChI=1S/C16H29N5O.HI/c1-4-21-10-6-7-14(21)11-19-16(17)18-9-5-8-15-12(2)20-22-13(15)3;/h14H,4-11H2,1-3H3,(H3,17,18,19);1H. The molecule has 0 aromatic carbocycles. The fourth-order valence-corrected chi connectivity index (χ4v) is 3.12. The normalized spacial score (nSPS) is 18.9. The number of nitrogens with two attached hydrogens (primary N) is 1. The van der Waals surface area contributed by atoms with Crippen molar-refractivity contribution >= 4 is 29.9 Å². The molecule has 132 valence electrons. The van der Waals surface area contributed by atoms with Crippen LogP contribution in [0.5, 0.6) is 0 Å². The molecule has 0 saturated carbocycles. The van der Waals surface area contributed by atoms with Gasteiger partial charge in [-0.15, -0.1) is 24.0 Å². The van der Waals surface area contributed by atoms with Gasteiger partial charge in [0.05, 0.1) is 12.2 Å². The molecule has 0 bridgehead atoms. The van der Waals surface area contributed by atoms with E-state index in [4.69, 9.17) is 10.3 Å². The SMILES string of the molecule is CCN1CCCC1CN=C(N)NCCCc1c(C)noc1C.I. The van der Waals surface area contributed by atoms with E-state index in [1.54, 1.807) is 0 Å². The van der Waals surface area contributed by atoms with Gasteiger partial charge in [0.25, 0.3) is 0 Å². The van der Waals surface area contributed by atoms with Gasteiger partial charge in [0.2, 0.25) is 0 Å². The molecular weight excluding hydrogens is 405 g/mol. The summed E-state index contributed by atoms with van der Waals surface area (Å²) in [5, 5.41) is 7.17. The van der Waals surface area contributed by atoms with Crippen molar-refractivity contribution in [3.63, 3.8) is 0 Å². The second-order valence-corrected chi connectivity index (χ2v) is 5.98. The quantitative estimate of drug-likeness (QED) is 0.297. The molecule has 0 amide bonds. The first kappa shape index (κ1) is 20.2. The Morgan fingerprint density at radius 3 is 2.91 bits per heavy atom. The van der Waals surface area contributed by atoms with Crippen LogP contribution in [0.15, 0.2) is 9.52 Å². The molecule has 1 aliphatic rings. The van der Waals surface area contributed by atoms with Crippen LogP contribution in [0.25, 0.3) is 0 Å². The molecule has 3 N–H and O–H groups in total. The predicted octanol–water partition coefficient (Wildman–Crippen LogP) is 2.23. The maximum Gasteiger partial charge on any atom is 0.188 e. The van der Waals surface area contributed by atoms with E-state index in [1.807, 2.05) is 13.8 Å². The summed E-state index contributed by atoms with van der Waals surface area (Å²) in [6.45, 7) is 10.1. The Kier molecular flexibility index (Phi) is 8.90. The molecule has 2 heterocycles. The van der Waals surface area contributed by atoms with E-state index in [9.17, 15) is 0 Å². The lowest BCUT2D eigenvalue weighted by molar-refractivity contribution is 0.273. The van der Waals surface area contributed by atoms with Crippen LogP contribution in [0, 0.1) is 13.8 Å². The lowest BCUT2D eigenvalue weighted by Crippen LogP contribution is -2.36. The van der Waals surface area contributed by atoms with Gasteiger partial charge in [0, 0.05) is 18.2 Å². The number of likely N-dealkylation sites (tertiary alicyclic amines) is 1. The number of hydrogen-bond acceptors (Lipinski definition) is 4. The van der Waals surface area contributed by atoms with E-state index in [-0.39, 0.29) is 24.0 Å². The summed E-state index contributed by atoms with van der Waals surface area (Å²) in [6.07, 6.45) is 4.45. The third-order valence-electron chi connectivity index (χ3n) is 4.47. The van der Waals surface area contributed by atoms with Crippen LogP contribution >= 0.6 is 24.0 Å². The zero-order valence-corrected chi connectivity index (χ0v) is 16.8. The molecule has 0 radical (unpaired) electrons. The Labute approximate surface area is 156 Å². The van der Waals surface area contributed by atoms with Crippen LogP contribution in [0.1, 0.15) is 43.2 Å². The van der Waals surface area contributed by atoms with Crippen molar-refractivity contribution in [2.24, 2.45) is 10.7 Å². The van der Waals surface area contributed by atoms with Crippen LogP contribution in [0.4, 0.5) is 0 Å². The monoisotopic (exact) mass is 435 g/mol. The lowest BCUT2D eigenvalue weighted by atomic mass is 10.1. The fraction of sp³-hybridized carbons (Fsp3) is 0.750. The molecule has 1 aromatic heterocycles. The highest BCUT2D eigenvalue weighted by atomic mass is 127. The summed E-state index contributed by atoms with van der Waals surface area (Å²) in [7, 11) is 0. The van der Waals surface area contributed by atoms with E-state index in [1.165, 1.54) is 24.9 Å². The molecule has 7 heteroatoms. The van der Waals surface area contributed by atoms with Crippen LogP contribution in [0.3, 0.4) is 0 Å². The second-order valence-electron chi connectivity index (χ2n) is 5.98. The zero-order valence-electron chi connectivity index (χ0n) is 14.5. The number of aliphatic imine (C=N–C) groups is 1. The Hall–Kier alpha value is -0.830. The van der Waals surface area contributed by atoms with Crippen LogP contribution in [-0.2, 0) is 6.42 Å². The van der Waals surface area contributed by atoms with Gasteiger partial charge in [0.15, 0.2) is 5.96 Å². The molecular formula is C16H30IN5O. The Morgan fingerprint density at radius 2 is 2.26 bits per heavy atom. The number of likely N-dealkylation sites (N-methyl/N-ethyl adjacent to an activating group) is 1. The molecule has 0 spiro atoms. The van der Waals surface area contributed by atoms with E-state index in [0.29, 0.717) is 12.0 Å². The maximum absolute atomic E-state index is 5.95. The average molecular weight is 435 g/mol. The van der Waals surface area contributed by atoms with E-state index < -0.39 is 0 Å². The number of halogens is 1. The molecule has 1 aliphatic heterocycles. The number of rotatable bonds is 7. The molecule has 1 saturated heterocycles. The van der Waals surface area contributed by atoms with Crippen molar-refractivity contribution in [1.29, 1.82) is 0 Å². The number of aryl methyl sites for hydroxylation is 2. The molecule has 1 unspecified atom stereocenters. The summed E-state index contributed by atoms with van der Waals surface area (Å²) in [5.74, 6) is 1.47. The first-order chi connectivity index (χ1) is 10.6. The van der Waals surface area contributed by atoms with Crippen molar-refractivity contribution < 1.29 is 4.52 Å². The largest absolute Gasteiger partial charge is 0.370 e.